The maximum absolute atomic E-state index is 12.4. The van der Waals surface area contributed by atoms with Gasteiger partial charge in [-0.3, -0.25) is 4.79 Å². The lowest BCUT2D eigenvalue weighted by Gasteiger charge is -2.23. The molecule has 3 rings (SSSR count). The number of benzene rings is 1. The molecule has 102 valence electrons. The number of Topliss-reactive ketones (excluding diaryl/α,β-unsaturated/α-hetero) is 1. The molecule has 1 heterocycles. The number of aryl methyl sites for hydroxylation is 2. The summed E-state index contributed by atoms with van der Waals surface area (Å²) in [5.41, 5.74) is 4.15. The van der Waals surface area contributed by atoms with Gasteiger partial charge in [0.05, 0.1) is 0 Å². The predicted molar refractivity (Wildman–Crippen MR) is 77.3 cm³/mol. The van der Waals surface area contributed by atoms with E-state index in [4.69, 9.17) is 0 Å². The van der Waals surface area contributed by atoms with Crippen molar-refractivity contribution in [1.82, 2.24) is 5.32 Å². The first-order valence-corrected chi connectivity index (χ1v) is 7.40. The van der Waals surface area contributed by atoms with Gasteiger partial charge < -0.3 is 5.32 Å². The summed E-state index contributed by atoms with van der Waals surface area (Å²) in [4.78, 5) is 12.4. The third kappa shape index (κ3) is 2.46. The molecule has 1 aliphatic carbocycles. The Bertz CT molecular complexity index is 500. The third-order valence-corrected chi connectivity index (χ3v) is 5.13. The van der Waals surface area contributed by atoms with E-state index in [1.165, 1.54) is 29.5 Å². The number of rotatable bonds is 3. The van der Waals surface area contributed by atoms with Crippen LogP contribution in [-0.2, 0) is 11.2 Å². The molecule has 2 aliphatic rings. The summed E-state index contributed by atoms with van der Waals surface area (Å²) in [6.07, 6.45) is 4.14. The lowest BCUT2D eigenvalue weighted by molar-refractivity contribution is -0.120. The molecule has 1 aliphatic heterocycles. The fourth-order valence-corrected chi connectivity index (χ4v) is 3.52. The number of ketones is 1. The topological polar surface area (TPSA) is 29.1 Å². The Kier molecular flexibility index (Phi) is 3.22. The molecule has 1 unspecified atom stereocenters. The van der Waals surface area contributed by atoms with Crippen molar-refractivity contribution in [2.75, 3.05) is 13.1 Å². The van der Waals surface area contributed by atoms with Crippen molar-refractivity contribution < 1.29 is 4.79 Å². The Morgan fingerprint density at radius 2 is 2.00 bits per heavy atom. The molecular weight excluding hydrogens is 234 g/mol. The van der Waals surface area contributed by atoms with Gasteiger partial charge in [-0.25, -0.2) is 0 Å². The quantitative estimate of drug-likeness (QED) is 0.902. The van der Waals surface area contributed by atoms with Gasteiger partial charge in [-0.05, 0) is 68.3 Å². The molecule has 1 atom stereocenters. The number of piperidine rings is 1. The van der Waals surface area contributed by atoms with Crippen LogP contribution in [0, 0.1) is 25.2 Å². The minimum absolute atomic E-state index is 0.344. The maximum atomic E-state index is 12.4. The van der Waals surface area contributed by atoms with Crippen LogP contribution in [-0.4, -0.2) is 18.9 Å². The van der Waals surface area contributed by atoms with Crippen LogP contribution in [0.1, 0.15) is 36.0 Å². The van der Waals surface area contributed by atoms with Crippen LogP contribution in [0.25, 0.3) is 0 Å². The van der Waals surface area contributed by atoms with E-state index in [1.54, 1.807) is 0 Å². The first-order chi connectivity index (χ1) is 9.11. The van der Waals surface area contributed by atoms with E-state index >= 15 is 0 Å². The Balaban J connectivity index is 1.64. The summed E-state index contributed by atoms with van der Waals surface area (Å²) in [7, 11) is 0. The van der Waals surface area contributed by atoms with Crippen LogP contribution in [0.3, 0.4) is 0 Å². The molecule has 0 aromatic heterocycles. The van der Waals surface area contributed by atoms with Gasteiger partial charge in [-0.2, -0.15) is 0 Å². The van der Waals surface area contributed by atoms with Crippen molar-refractivity contribution in [1.29, 1.82) is 0 Å². The molecule has 0 bridgehead atoms. The van der Waals surface area contributed by atoms with Crippen LogP contribution in [0.4, 0.5) is 0 Å². The summed E-state index contributed by atoms with van der Waals surface area (Å²) in [5, 5.41) is 3.39. The molecule has 2 heteroatoms. The van der Waals surface area contributed by atoms with E-state index < -0.39 is 0 Å². The Morgan fingerprint density at radius 1 is 1.26 bits per heavy atom. The van der Waals surface area contributed by atoms with Crippen LogP contribution in [0.2, 0.25) is 0 Å². The van der Waals surface area contributed by atoms with Crippen molar-refractivity contribution in [3.05, 3.63) is 34.9 Å². The fourth-order valence-electron chi connectivity index (χ4n) is 3.52. The van der Waals surface area contributed by atoms with Gasteiger partial charge in [0.25, 0.3) is 0 Å². The van der Waals surface area contributed by atoms with E-state index in [-0.39, 0.29) is 0 Å². The van der Waals surface area contributed by atoms with Crippen molar-refractivity contribution in [2.24, 2.45) is 11.3 Å². The van der Waals surface area contributed by atoms with E-state index in [9.17, 15) is 4.79 Å². The first-order valence-electron chi connectivity index (χ1n) is 7.40. The smallest absolute Gasteiger partial charge is 0.140 e. The standard InChI is InChI=1S/C17H23NO/c1-12-3-4-14(9-13(12)2)10-16(19)15-11-17(15)5-7-18-8-6-17/h3-4,9,15,18H,5-8,10-11H2,1-2H3. The second kappa shape index (κ2) is 4.75. The van der Waals surface area contributed by atoms with Gasteiger partial charge >= 0.3 is 0 Å². The molecule has 1 spiro atoms. The Labute approximate surface area is 115 Å². The second-order valence-corrected chi connectivity index (χ2v) is 6.43. The Morgan fingerprint density at radius 3 is 2.68 bits per heavy atom. The summed E-state index contributed by atoms with van der Waals surface area (Å²) in [6, 6.07) is 6.41. The molecule has 2 nitrogen and oxygen atoms in total. The van der Waals surface area contributed by atoms with Gasteiger partial charge in [0.2, 0.25) is 0 Å². The average Bonchev–Trinajstić information content (AvgIpc) is 3.08. The van der Waals surface area contributed by atoms with Crippen LogP contribution in [0.5, 0.6) is 0 Å². The molecule has 1 aromatic rings. The number of hydrogen-bond donors (Lipinski definition) is 1. The van der Waals surface area contributed by atoms with Gasteiger partial charge in [-0.15, -0.1) is 0 Å². The van der Waals surface area contributed by atoms with Crippen LogP contribution < -0.4 is 5.32 Å². The van der Waals surface area contributed by atoms with Gasteiger partial charge in [0.15, 0.2) is 0 Å². The molecule has 19 heavy (non-hydrogen) atoms. The molecule has 1 aromatic carbocycles. The predicted octanol–water partition coefficient (Wildman–Crippen LogP) is 2.80. The number of carbonyl (C=O) groups excluding carboxylic acids is 1. The minimum Gasteiger partial charge on any atom is -0.317 e. The highest BCUT2D eigenvalue weighted by molar-refractivity contribution is 5.86. The summed E-state index contributed by atoms with van der Waals surface area (Å²) in [6.45, 7) is 6.42. The van der Waals surface area contributed by atoms with Crippen molar-refractivity contribution in [3.63, 3.8) is 0 Å². The van der Waals surface area contributed by atoms with Gasteiger partial charge in [0, 0.05) is 12.3 Å². The molecule has 2 fully saturated rings. The van der Waals surface area contributed by atoms with Crippen molar-refractivity contribution in [2.45, 2.75) is 39.5 Å². The van der Waals surface area contributed by atoms with Crippen molar-refractivity contribution in [3.8, 4) is 0 Å². The summed E-state index contributed by atoms with van der Waals surface area (Å²) < 4.78 is 0. The zero-order valence-corrected chi connectivity index (χ0v) is 12.0. The lowest BCUT2D eigenvalue weighted by atomic mass is 9.89. The molecule has 0 radical (unpaired) electrons. The van der Waals surface area contributed by atoms with Crippen LogP contribution >= 0.6 is 0 Å². The first kappa shape index (κ1) is 12.9. The van der Waals surface area contributed by atoms with Crippen molar-refractivity contribution >= 4 is 5.78 Å². The molecule has 0 amide bonds. The van der Waals surface area contributed by atoms with E-state index in [0.29, 0.717) is 23.5 Å². The van der Waals surface area contributed by atoms with E-state index in [2.05, 4.69) is 37.4 Å². The van der Waals surface area contributed by atoms with E-state index in [1.807, 2.05) is 0 Å². The maximum Gasteiger partial charge on any atom is 0.140 e. The zero-order valence-electron chi connectivity index (χ0n) is 12.0. The fraction of sp³-hybridized carbons (Fsp3) is 0.588. The lowest BCUT2D eigenvalue weighted by Crippen LogP contribution is -2.30. The Hall–Kier alpha value is -1.15. The highest BCUT2D eigenvalue weighted by Crippen LogP contribution is 2.59. The molecule has 1 saturated heterocycles. The highest BCUT2D eigenvalue weighted by Gasteiger charge is 2.56. The largest absolute Gasteiger partial charge is 0.317 e. The van der Waals surface area contributed by atoms with Crippen LogP contribution in [0.15, 0.2) is 18.2 Å². The number of nitrogens with one attached hydrogen (secondary N) is 1. The highest BCUT2D eigenvalue weighted by atomic mass is 16.1. The normalized spacial score (nSPS) is 24.4. The number of carbonyl (C=O) groups is 1. The minimum atomic E-state index is 0.344. The monoisotopic (exact) mass is 257 g/mol. The summed E-state index contributed by atoms with van der Waals surface area (Å²) in [5.74, 6) is 0.807. The average molecular weight is 257 g/mol. The van der Waals surface area contributed by atoms with Gasteiger partial charge in [0.1, 0.15) is 5.78 Å². The second-order valence-electron chi connectivity index (χ2n) is 6.43. The third-order valence-electron chi connectivity index (χ3n) is 5.13. The SMILES string of the molecule is Cc1ccc(CC(=O)C2CC23CCNCC3)cc1C. The zero-order chi connectivity index (χ0) is 13.5. The molecule has 1 N–H and O–H groups in total. The van der Waals surface area contributed by atoms with Gasteiger partial charge in [-0.1, -0.05) is 18.2 Å². The number of hydrogen-bond acceptors (Lipinski definition) is 2. The summed E-state index contributed by atoms with van der Waals surface area (Å²) >= 11 is 0. The molecular formula is C17H23NO. The van der Waals surface area contributed by atoms with E-state index in [0.717, 1.165) is 19.5 Å². The molecule has 1 saturated carbocycles.